The molecule has 0 aromatic carbocycles. The highest BCUT2D eigenvalue weighted by molar-refractivity contribution is 6.62. The molecule has 1 atom stereocenters. The van der Waals surface area contributed by atoms with Gasteiger partial charge in [0.15, 0.2) is 5.73 Å². The van der Waals surface area contributed by atoms with Crippen LogP contribution in [0.25, 0.3) is 0 Å². The monoisotopic (exact) mass is 370 g/mol. The highest BCUT2D eigenvalue weighted by atomic mass is 28.4. The molecular weight excluding hydrogens is 340 g/mol. The maximum atomic E-state index is 11.1. The Morgan fingerprint density at radius 2 is 1.35 bits per heavy atom. The lowest BCUT2D eigenvalue weighted by molar-refractivity contribution is -0.142. The zero-order valence-corrected chi connectivity index (χ0v) is 17.3. The zero-order chi connectivity index (χ0) is 18.5. The molecule has 0 aromatic rings. The van der Waals surface area contributed by atoms with Crippen LogP contribution in [0, 0.1) is 0 Å². The lowest BCUT2D eigenvalue weighted by atomic mass is 10.5. The van der Waals surface area contributed by atoms with Crippen LogP contribution in [-0.4, -0.2) is 72.0 Å². The largest absolute Gasteiger partial charge is 0.543 e. The number of esters is 1. The van der Waals surface area contributed by atoms with Gasteiger partial charge in [-0.3, -0.25) is 0 Å². The Labute approximate surface area is 141 Å². The molecule has 0 N–H and O–H groups in total. The normalized spacial score (nSPS) is 12.9. The third-order valence-corrected chi connectivity index (χ3v) is 8.40. The van der Waals surface area contributed by atoms with Gasteiger partial charge in [0.2, 0.25) is 0 Å². The van der Waals surface area contributed by atoms with Crippen LogP contribution in [0.5, 0.6) is 0 Å². The second-order valence-corrected chi connectivity index (χ2v) is 10.3. The van der Waals surface area contributed by atoms with E-state index in [0.717, 1.165) is 6.08 Å². The van der Waals surface area contributed by atoms with E-state index >= 15 is 0 Å². The number of rotatable bonds is 10. The van der Waals surface area contributed by atoms with Crippen molar-refractivity contribution in [3.8, 4) is 0 Å². The molecule has 138 valence electrons. The molecule has 0 aliphatic heterocycles. The minimum absolute atomic E-state index is 0.509. The van der Waals surface area contributed by atoms with Crippen molar-refractivity contribution >= 4 is 23.6 Å². The highest BCUT2D eigenvalue weighted by Gasteiger charge is 2.49. The minimum atomic E-state index is -2.92. The standard InChI is InChI=1S/C9H18O5Si.C4H12O3Si/c1-6-8(10)14-9(7-2)15(11-3,12-4)13-5;1-5-8(4,6-2)7-3/h6,9H,1,7H2,2-5H3;1-4H3. The van der Waals surface area contributed by atoms with Crippen LogP contribution in [0.2, 0.25) is 6.55 Å². The molecule has 0 saturated heterocycles. The summed E-state index contributed by atoms with van der Waals surface area (Å²) >= 11 is 0. The molecule has 0 fully saturated rings. The summed E-state index contributed by atoms with van der Waals surface area (Å²) in [7, 11) is 4.09. The molecule has 23 heavy (non-hydrogen) atoms. The van der Waals surface area contributed by atoms with Crippen molar-refractivity contribution in [3.05, 3.63) is 12.7 Å². The Morgan fingerprint density at radius 1 is 0.957 bits per heavy atom. The average molecular weight is 371 g/mol. The van der Waals surface area contributed by atoms with E-state index in [1.165, 1.54) is 21.3 Å². The van der Waals surface area contributed by atoms with Crippen molar-refractivity contribution < 1.29 is 36.1 Å². The molecule has 0 aliphatic rings. The summed E-state index contributed by atoms with van der Waals surface area (Å²) in [5.41, 5.74) is -0.511. The molecule has 0 aromatic heterocycles. The van der Waals surface area contributed by atoms with Crippen LogP contribution in [0.15, 0.2) is 12.7 Å². The van der Waals surface area contributed by atoms with Crippen LogP contribution >= 0.6 is 0 Å². The van der Waals surface area contributed by atoms with Gasteiger partial charge in [-0.25, -0.2) is 4.79 Å². The van der Waals surface area contributed by atoms with E-state index in [9.17, 15) is 4.79 Å². The van der Waals surface area contributed by atoms with Crippen molar-refractivity contribution in [3.63, 3.8) is 0 Å². The Hall–Kier alpha value is -0.596. The van der Waals surface area contributed by atoms with Gasteiger partial charge in [-0.05, 0) is 6.42 Å². The fraction of sp³-hybridized carbons (Fsp3) is 0.769. The van der Waals surface area contributed by atoms with Crippen molar-refractivity contribution in [1.29, 1.82) is 0 Å². The Bertz CT molecular complexity index is 315. The van der Waals surface area contributed by atoms with Crippen molar-refractivity contribution in [1.82, 2.24) is 0 Å². The zero-order valence-electron chi connectivity index (χ0n) is 15.3. The van der Waals surface area contributed by atoms with Gasteiger partial charge in [-0.15, -0.1) is 0 Å². The summed E-state index contributed by atoms with van der Waals surface area (Å²) in [4.78, 5) is 11.1. The number of carbonyl (C=O) groups excluding carboxylic acids is 1. The second-order valence-electron chi connectivity index (χ2n) is 4.23. The van der Waals surface area contributed by atoms with Gasteiger partial charge in [0, 0.05) is 55.3 Å². The molecule has 0 saturated carbocycles. The summed E-state index contributed by atoms with van der Waals surface area (Å²) in [6.45, 7) is 7.01. The number of hydrogen-bond donors (Lipinski definition) is 0. The molecule has 0 radical (unpaired) electrons. The van der Waals surface area contributed by atoms with E-state index in [1.807, 2.05) is 13.5 Å². The molecule has 0 bridgehead atoms. The van der Waals surface area contributed by atoms with Gasteiger partial charge in [0.05, 0.1) is 0 Å². The predicted octanol–water partition coefficient (Wildman–Crippen LogP) is 1.41. The van der Waals surface area contributed by atoms with Gasteiger partial charge in [-0.2, -0.15) is 0 Å². The lowest BCUT2D eigenvalue weighted by Gasteiger charge is -2.30. The van der Waals surface area contributed by atoms with Crippen molar-refractivity contribution in [2.75, 3.05) is 42.7 Å². The fourth-order valence-corrected chi connectivity index (χ4v) is 4.04. The molecule has 0 heterocycles. The summed E-state index contributed by atoms with van der Waals surface area (Å²) in [5, 5.41) is 0. The first-order chi connectivity index (χ1) is 10.8. The first-order valence-electron chi connectivity index (χ1n) is 6.92. The maximum Gasteiger partial charge on any atom is 0.543 e. The summed E-state index contributed by atoms with van der Waals surface area (Å²) < 4.78 is 35.6. The third kappa shape index (κ3) is 8.17. The van der Waals surface area contributed by atoms with Gasteiger partial charge in [0.25, 0.3) is 0 Å². The van der Waals surface area contributed by atoms with E-state index in [4.69, 9.17) is 31.3 Å². The van der Waals surface area contributed by atoms with Crippen LogP contribution in [0.3, 0.4) is 0 Å². The summed E-state index contributed by atoms with van der Waals surface area (Å²) in [6.07, 6.45) is 1.66. The van der Waals surface area contributed by atoms with E-state index in [-0.39, 0.29) is 0 Å². The lowest BCUT2D eigenvalue weighted by Crippen LogP contribution is -2.55. The Kier molecular flexibility index (Phi) is 13.7. The van der Waals surface area contributed by atoms with E-state index in [0.29, 0.717) is 6.42 Å². The van der Waals surface area contributed by atoms with E-state index in [1.54, 1.807) is 21.3 Å². The molecule has 1 unspecified atom stereocenters. The number of hydrogen-bond acceptors (Lipinski definition) is 8. The molecule has 8 nitrogen and oxygen atoms in total. The molecule has 10 heteroatoms. The van der Waals surface area contributed by atoms with Crippen LogP contribution in [0.1, 0.15) is 13.3 Å². The van der Waals surface area contributed by atoms with E-state index < -0.39 is 29.3 Å². The predicted molar refractivity (Wildman–Crippen MR) is 89.8 cm³/mol. The van der Waals surface area contributed by atoms with Crippen molar-refractivity contribution in [2.45, 2.75) is 25.6 Å². The average Bonchev–Trinajstić information content (AvgIpc) is 2.62. The molecular formula is C13H30O8Si2. The number of carbonyl (C=O) groups is 1. The molecule has 0 spiro atoms. The quantitative estimate of drug-likeness (QED) is 0.324. The summed E-state index contributed by atoms with van der Waals surface area (Å²) in [5.74, 6) is -0.509. The molecule has 0 amide bonds. The molecule has 0 rings (SSSR count). The SMILES string of the molecule is C=CC(=O)OC(CC)[Si](OC)(OC)OC.CO[Si](C)(OC)OC. The number of ether oxygens (including phenoxy) is 1. The molecule has 0 aliphatic carbocycles. The maximum absolute atomic E-state index is 11.1. The van der Waals surface area contributed by atoms with Gasteiger partial charge in [0.1, 0.15) is 0 Å². The van der Waals surface area contributed by atoms with Crippen molar-refractivity contribution in [2.24, 2.45) is 0 Å². The second kappa shape index (κ2) is 12.8. The van der Waals surface area contributed by atoms with Gasteiger partial charge in [-0.1, -0.05) is 13.5 Å². The van der Waals surface area contributed by atoms with Gasteiger partial charge >= 0.3 is 23.6 Å². The third-order valence-electron chi connectivity index (χ3n) is 3.16. The van der Waals surface area contributed by atoms with Crippen LogP contribution < -0.4 is 0 Å². The minimum Gasteiger partial charge on any atom is -0.455 e. The first-order valence-corrected chi connectivity index (χ1v) is 10.9. The Morgan fingerprint density at radius 3 is 1.52 bits per heavy atom. The first kappa shape index (κ1) is 24.7. The topological polar surface area (TPSA) is 81.7 Å². The Balaban J connectivity index is 0. The van der Waals surface area contributed by atoms with Crippen LogP contribution in [-0.2, 0) is 36.1 Å². The summed E-state index contributed by atoms with van der Waals surface area (Å²) in [6, 6.07) is 0. The van der Waals surface area contributed by atoms with Crippen LogP contribution in [0.4, 0.5) is 0 Å². The van der Waals surface area contributed by atoms with E-state index in [2.05, 4.69) is 6.58 Å². The van der Waals surface area contributed by atoms with Gasteiger partial charge < -0.3 is 31.3 Å². The smallest absolute Gasteiger partial charge is 0.455 e. The highest BCUT2D eigenvalue weighted by Crippen LogP contribution is 2.18. The fourth-order valence-electron chi connectivity index (χ4n) is 1.49.